The molecule has 1 aliphatic heterocycles. The number of carbonyl (C=O) groups is 3. The molecule has 4 aliphatic rings. The first-order valence-electron chi connectivity index (χ1n) is 13.2. The fourth-order valence-corrected chi connectivity index (χ4v) is 7.60. The van der Waals surface area contributed by atoms with Gasteiger partial charge in [-0.3, -0.25) is 24.2 Å². The monoisotopic (exact) mass is 579 g/mol. The number of amides is 1. The number of phenolic OH excluding ortho intramolecular Hbond substituents is 1. The molecule has 13 heteroatoms. The van der Waals surface area contributed by atoms with Crippen LogP contribution in [-0.4, -0.2) is 87.0 Å². The van der Waals surface area contributed by atoms with Crippen LogP contribution in [0.5, 0.6) is 5.75 Å². The molecule has 222 valence electrons. The number of primary amides is 1. The minimum atomic E-state index is -4.88. The van der Waals surface area contributed by atoms with Crippen LogP contribution in [0.25, 0.3) is 5.76 Å². The van der Waals surface area contributed by atoms with Crippen molar-refractivity contribution in [3.63, 3.8) is 0 Å². The number of likely N-dealkylation sites (tertiary alicyclic amines) is 1. The number of Topliss-reactive ketones (excluding diaryl/α,β-unsaturated/α-hetero) is 2. The van der Waals surface area contributed by atoms with Crippen LogP contribution >= 0.6 is 0 Å². The van der Waals surface area contributed by atoms with Crippen molar-refractivity contribution in [2.45, 2.75) is 50.0 Å². The lowest BCUT2D eigenvalue weighted by Crippen LogP contribution is -2.65. The second-order valence-corrected chi connectivity index (χ2v) is 11.9. The van der Waals surface area contributed by atoms with E-state index in [1.807, 2.05) is 6.92 Å². The lowest BCUT2D eigenvalue weighted by molar-refractivity contribution is -0.153. The number of likely N-dealkylation sites (N-methyl/N-ethyl adjacent to an activating group) is 1. The molecule has 0 aromatic heterocycles. The van der Waals surface area contributed by atoms with Gasteiger partial charge in [-0.2, -0.15) is 13.2 Å². The maximum absolute atomic E-state index is 14.8. The molecule has 10 nitrogen and oxygen atoms in total. The molecule has 3 aliphatic carbocycles. The number of halogens is 3. The van der Waals surface area contributed by atoms with Crippen molar-refractivity contribution in [1.82, 2.24) is 9.80 Å². The number of hydrogen-bond donors (Lipinski definition) is 5. The Bertz CT molecular complexity index is 1440. The Labute approximate surface area is 233 Å². The molecular weight excluding hydrogens is 547 g/mol. The van der Waals surface area contributed by atoms with Gasteiger partial charge in [0.2, 0.25) is 5.78 Å². The number of phenols is 1. The Morgan fingerprint density at radius 2 is 1.83 bits per heavy atom. The molecular formula is C28H32F3N3O7. The van der Waals surface area contributed by atoms with E-state index in [0.29, 0.717) is 13.0 Å². The zero-order valence-corrected chi connectivity index (χ0v) is 22.9. The molecule has 1 amide bonds. The molecule has 41 heavy (non-hydrogen) atoms. The third-order valence-corrected chi connectivity index (χ3v) is 9.31. The van der Waals surface area contributed by atoms with Crippen molar-refractivity contribution in [2.75, 3.05) is 27.7 Å². The fourth-order valence-electron chi connectivity index (χ4n) is 7.60. The number of aliphatic hydroxyl groups excluding tert-OH is 2. The maximum atomic E-state index is 14.8. The van der Waals surface area contributed by atoms with Crippen LogP contribution in [0.4, 0.5) is 13.2 Å². The Morgan fingerprint density at radius 1 is 1.20 bits per heavy atom. The molecule has 0 radical (unpaired) electrons. The summed E-state index contributed by atoms with van der Waals surface area (Å²) in [6.07, 6.45) is -4.96. The van der Waals surface area contributed by atoms with Crippen LogP contribution in [0, 0.1) is 17.8 Å². The van der Waals surface area contributed by atoms with E-state index in [-0.39, 0.29) is 23.5 Å². The van der Waals surface area contributed by atoms with Gasteiger partial charge in [0.05, 0.1) is 17.2 Å². The number of hydrogen-bond acceptors (Lipinski definition) is 9. The number of ketones is 2. The normalized spacial score (nSPS) is 32.4. The van der Waals surface area contributed by atoms with E-state index in [0.717, 1.165) is 6.07 Å². The number of aromatic hydroxyl groups is 1. The van der Waals surface area contributed by atoms with Crippen molar-refractivity contribution in [3.8, 4) is 5.75 Å². The van der Waals surface area contributed by atoms with E-state index in [4.69, 9.17) is 5.73 Å². The largest absolute Gasteiger partial charge is 0.508 e. The van der Waals surface area contributed by atoms with Crippen molar-refractivity contribution < 1.29 is 48.0 Å². The highest BCUT2D eigenvalue weighted by atomic mass is 19.4. The van der Waals surface area contributed by atoms with E-state index in [2.05, 4.69) is 0 Å². The highest BCUT2D eigenvalue weighted by molar-refractivity contribution is 6.24. The van der Waals surface area contributed by atoms with Crippen LogP contribution in [0.1, 0.15) is 48.1 Å². The average Bonchev–Trinajstić information content (AvgIpc) is 3.17. The molecule has 2 fully saturated rings. The number of alkyl halides is 3. The average molecular weight is 580 g/mol. The molecule has 5 rings (SSSR count). The van der Waals surface area contributed by atoms with Crippen LogP contribution < -0.4 is 5.73 Å². The number of aliphatic hydroxyl groups is 3. The molecule has 2 unspecified atom stereocenters. The Morgan fingerprint density at radius 3 is 2.34 bits per heavy atom. The van der Waals surface area contributed by atoms with Gasteiger partial charge in [-0.25, -0.2) is 0 Å². The fraction of sp³-hybridized carbons (Fsp3) is 0.536. The smallest absolute Gasteiger partial charge is 0.417 e. The first-order chi connectivity index (χ1) is 18.9. The predicted octanol–water partition coefficient (Wildman–Crippen LogP) is 2.00. The summed E-state index contributed by atoms with van der Waals surface area (Å²) in [5.74, 6) is -9.12. The van der Waals surface area contributed by atoms with Gasteiger partial charge in [-0.15, -0.1) is 0 Å². The summed E-state index contributed by atoms with van der Waals surface area (Å²) in [6, 6.07) is -1.02. The molecule has 6 N–H and O–H groups in total. The topological polar surface area (TPSA) is 165 Å². The molecule has 0 spiro atoms. The maximum Gasteiger partial charge on any atom is 0.417 e. The number of nitrogens with zero attached hydrogens (tertiary/aromatic N) is 2. The van der Waals surface area contributed by atoms with Crippen molar-refractivity contribution in [2.24, 2.45) is 23.5 Å². The van der Waals surface area contributed by atoms with Gasteiger partial charge < -0.3 is 26.2 Å². The third-order valence-electron chi connectivity index (χ3n) is 9.31. The summed E-state index contributed by atoms with van der Waals surface area (Å²) in [5.41, 5.74) is -1.13. The summed E-state index contributed by atoms with van der Waals surface area (Å²) in [5, 5.41) is 44.8. The van der Waals surface area contributed by atoms with Gasteiger partial charge in [-0.1, -0.05) is 6.92 Å². The number of benzene rings is 1. The molecule has 1 aromatic carbocycles. The number of fused-ring (bicyclic) bond motifs is 3. The molecule has 6 atom stereocenters. The van der Waals surface area contributed by atoms with Gasteiger partial charge in [0.1, 0.15) is 22.8 Å². The molecule has 0 bridgehead atoms. The van der Waals surface area contributed by atoms with Crippen molar-refractivity contribution >= 4 is 23.2 Å². The summed E-state index contributed by atoms with van der Waals surface area (Å²) >= 11 is 0. The first-order valence-corrected chi connectivity index (χ1v) is 13.2. The third kappa shape index (κ3) is 3.92. The number of nitrogens with two attached hydrogens (primary N) is 1. The van der Waals surface area contributed by atoms with Gasteiger partial charge in [0.25, 0.3) is 5.91 Å². The quantitative estimate of drug-likeness (QED) is 0.337. The predicted molar refractivity (Wildman–Crippen MR) is 138 cm³/mol. The standard InChI is InChI=1S/C28H32F3N3O7/c1-10-5-6-34(4)20(10)13-9-15(35)17-12(19(13)28(29,30)31)7-11-8-14-21(33(2)3)23(37)18(26(32)40)25(39)27(14,41)24(38)16(11)22(17)36/h9-11,14,20-21,35-36,39,41H,5-8H2,1-4H3,(H2,32,40)/t10?,11-,14-,20?,21-,27-/m0/s1. The Kier molecular flexibility index (Phi) is 6.59. The van der Waals surface area contributed by atoms with E-state index in [1.165, 1.54) is 19.0 Å². The zero-order chi connectivity index (χ0) is 30.5. The van der Waals surface area contributed by atoms with E-state index >= 15 is 0 Å². The van der Waals surface area contributed by atoms with E-state index in [1.54, 1.807) is 11.9 Å². The van der Waals surface area contributed by atoms with Crippen molar-refractivity contribution in [3.05, 3.63) is 45.2 Å². The first kappa shape index (κ1) is 29.1. The van der Waals surface area contributed by atoms with Crippen molar-refractivity contribution in [1.29, 1.82) is 0 Å². The van der Waals surface area contributed by atoms with Gasteiger partial charge in [-0.05, 0) is 76.0 Å². The van der Waals surface area contributed by atoms with Gasteiger partial charge in [0.15, 0.2) is 11.4 Å². The van der Waals surface area contributed by atoms with E-state index < -0.39 is 99.1 Å². The SMILES string of the molecule is CC1CCN(C)C1c1cc(O)c2c(c1C(F)(F)F)C[C@H]1C[C@H]3[C@H](N(C)C)C(=O)C(C(N)=O)=C(O)[C@@]3(O)C(=O)C1=C2O. The van der Waals surface area contributed by atoms with Crippen LogP contribution in [0.2, 0.25) is 0 Å². The number of carbonyl (C=O) groups excluding carboxylic acids is 3. The van der Waals surface area contributed by atoms with Crippen LogP contribution in [-0.2, 0) is 27.0 Å². The lowest BCUT2D eigenvalue weighted by atomic mass is 9.57. The van der Waals surface area contributed by atoms with Gasteiger partial charge >= 0.3 is 6.18 Å². The second kappa shape index (κ2) is 9.30. The lowest BCUT2D eigenvalue weighted by Gasteiger charge is -2.50. The summed E-state index contributed by atoms with van der Waals surface area (Å²) in [4.78, 5) is 42.3. The summed E-state index contributed by atoms with van der Waals surface area (Å²) in [7, 11) is 4.58. The van der Waals surface area contributed by atoms with Crippen LogP contribution in [0.15, 0.2) is 23.0 Å². The highest BCUT2D eigenvalue weighted by Gasteiger charge is 2.64. The summed E-state index contributed by atoms with van der Waals surface area (Å²) in [6.45, 7) is 2.38. The van der Waals surface area contributed by atoms with Gasteiger partial charge in [0, 0.05) is 17.5 Å². The summed E-state index contributed by atoms with van der Waals surface area (Å²) < 4.78 is 44.3. The second-order valence-electron chi connectivity index (χ2n) is 11.9. The minimum Gasteiger partial charge on any atom is -0.508 e. The molecule has 1 heterocycles. The molecule has 1 aromatic rings. The molecule has 1 saturated carbocycles. The highest BCUT2D eigenvalue weighted by Crippen LogP contribution is 2.55. The zero-order valence-electron chi connectivity index (χ0n) is 22.9. The number of rotatable bonds is 3. The molecule has 1 saturated heterocycles. The Hall–Kier alpha value is -3.42. The Balaban J connectivity index is 1.77. The van der Waals surface area contributed by atoms with Crippen LogP contribution in [0.3, 0.4) is 0 Å². The minimum absolute atomic E-state index is 0.137. The van der Waals surface area contributed by atoms with E-state index in [9.17, 15) is 48.0 Å².